The topological polar surface area (TPSA) is 62.4 Å². The molecular weight excluding hydrogens is 424 g/mol. The van der Waals surface area contributed by atoms with Crippen molar-refractivity contribution in [2.24, 2.45) is 20.4 Å². The summed E-state index contributed by atoms with van der Waals surface area (Å²) in [5.74, 6) is 1.88. The normalized spacial score (nSPS) is 22.2. The zero-order chi connectivity index (χ0) is 23.7. The molecule has 0 radical (unpaired) electrons. The first-order valence-corrected chi connectivity index (χ1v) is 11.8. The standard InChI is InChI=1S/C26H32N8/c1-31-13-14-32(2)25(31)29-27-17-23-19-9-5-7-11-21(19)24(22-12-8-6-10-20(22)23)18-28-30-26-33(3)15-16-34(26)4/h5-12,17-18,23-24H,13-16H2,1-4H3/b27-17+,28-18+. The van der Waals surface area contributed by atoms with E-state index in [2.05, 4.69) is 117 Å². The lowest BCUT2D eigenvalue weighted by molar-refractivity contribution is 0.553. The molecule has 0 amide bonds. The SMILES string of the molecule is CN1CCN(C)C1=N/N=C/C1c2ccccc2C(/C=N/N=C2N(C)CCN2C)c2ccccc21. The first kappa shape index (κ1) is 22.1. The van der Waals surface area contributed by atoms with Gasteiger partial charge >= 0.3 is 0 Å². The molecule has 34 heavy (non-hydrogen) atoms. The molecule has 2 heterocycles. The van der Waals surface area contributed by atoms with E-state index in [4.69, 9.17) is 0 Å². The highest BCUT2D eigenvalue weighted by Crippen LogP contribution is 2.41. The molecule has 0 unspecified atom stereocenters. The van der Waals surface area contributed by atoms with E-state index >= 15 is 0 Å². The zero-order valence-electron chi connectivity index (χ0n) is 20.3. The van der Waals surface area contributed by atoms with E-state index in [1.165, 1.54) is 22.3 Å². The quantitative estimate of drug-likeness (QED) is 0.524. The molecule has 176 valence electrons. The molecule has 5 rings (SSSR count). The van der Waals surface area contributed by atoms with Crippen LogP contribution in [0.2, 0.25) is 0 Å². The minimum Gasteiger partial charge on any atom is -0.343 e. The molecule has 2 fully saturated rings. The van der Waals surface area contributed by atoms with Crippen LogP contribution >= 0.6 is 0 Å². The maximum Gasteiger partial charge on any atom is 0.221 e. The fourth-order valence-corrected chi connectivity index (χ4v) is 5.00. The molecule has 1 aliphatic carbocycles. The van der Waals surface area contributed by atoms with Gasteiger partial charge in [-0.25, -0.2) is 0 Å². The highest BCUT2D eigenvalue weighted by atomic mass is 15.5. The highest BCUT2D eigenvalue weighted by Gasteiger charge is 2.30. The summed E-state index contributed by atoms with van der Waals surface area (Å²) in [4.78, 5) is 8.53. The Morgan fingerprint density at radius 1 is 0.559 bits per heavy atom. The van der Waals surface area contributed by atoms with Crippen molar-refractivity contribution < 1.29 is 0 Å². The number of likely N-dealkylation sites (N-methyl/N-ethyl adjacent to an activating group) is 4. The molecule has 2 aliphatic heterocycles. The zero-order valence-corrected chi connectivity index (χ0v) is 20.3. The summed E-state index contributed by atoms with van der Waals surface area (Å²) in [6, 6.07) is 17.1. The van der Waals surface area contributed by atoms with Crippen LogP contribution in [0.3, 0.4) is 0 Å². The van der Waals surface area contributed by atoms with E-state index in [0.29, 0.717) is 0 Å². The van der Waals surface area contributed by atoms with Crippen LogP contribution in [-0.2, 0) is 0 Å². The maximum atomic E-state index is 4.54. The lowest BCUT2D eigenvalue weighted by atomic mass is 9.73. The van der Waals surface area contributed by atoms with Crippen molar-refractivity contribution in [1.29, 1.82) is 0 Å². The first-order valence-electron chi connectivity index (χ1n) is 11.8. The van der Waals surface area contributed by atoms with Crippen LogP contribution in [0.25, 0.3) is 0 Å². The van der Waals surface area contributed by atoms with Gasteiger partial charge in [-0.3, -0.25) is 0 Å². The number of benzene rings is 2. The van der Waals surface area contributed by atoms with Gasteiger partial charge in [0, 0.05) is 78.6 Å². The first-order chi connectivity index (χ1) is 16.5. The summed E-state index contributed by atoms with van der Waals surface area (Å²) in [6.07, 6.45) is 3.95. The van der Waals surface area contributed by atoms with Gasteiger partial charge in [0.25, 0.3) is 0 Å². The Balaban J connectivity index is 1.50. The Kier molecular flexibility index (Phi) is 6.04. The van der Waals surface area contributed by atoms with E-state index in [1.807, 2.05) is 12.4 Å². The number of rotatable bonds is 4. The molecule has 8 nitrogen and oxygen atoms in total. The summed E-state index contributed by atoms with van der Waals surface area (Å²) in [5, 5.41) is 18.2. The Bertz CT molecular complexity index is 1010. The monoisotopic (exact) mass is 456 g/mol. The van der Waals surface area contributed by atoms with Crippen LogP contribution in [0.5, 0.6) is 0 Å². The van der Waals surface area contributed by atoms with E-state index in [0.717, 1.165) is 38.1 Å². The number of fused-ring (bicyclic) bond motifs is 2. The Morgan fingerprint density at radius 3 is 1.15 bits per heavy atom. The van der Waals surface area contributed by atoms with E-state index in [1.54, 1.807) is 0 Å². The predicted molar refractivity (Wildman–Crippen MR) is 139 cm³/mol. The van der Waals surface area contributed by atoms with Gasteiger partial charge in [-0.05, 0) is 22.3 Å². The van der Waals surface area contributed by atoms with Crippen LogP contribution in [0, 0.1) is 0 Å². The van der Waals surface area contributed by atoms with Gasteiger partial charge in [-0.2, -0.15) is 10.2 Å². The second-order valence-electron chi connectivity index (χ2n) is 9.23. The van der Waals surface area contributed by atoms with Gasteiger partial charge in [0.2, 0.25) is 11.9 Å². The van der Waals surface area contributed by atoms with Crippen molar-refractivity contribution in [1.82, 2.24) is 19.6 Å². The van der Waals surface area contributed by atoms with Crippen LogP contribution in [-0.4, -0.2) is 98.3 Å². The molecule has 0 N–H and O–H groups in total. The fourth-order valence-electron chi connectivity index (χ4n) is 5.00. The smallest absolute Gasteiger partial charge is 0.221 e. The lowest BCUT2D eigenvalue weighted by Gasteiger charge is -2.30. The van der Waals surface area contributed by atoms with Crippen LogP contribution in [0.4, 0.5) is 0 Å². The van der Waals surface area contributed by atoms with Gasteiger partial charge < -0.3 is 19.6 Å². The van der Waals surface area contributed by atoms with Gasteiger partial charge in [-0.1, -0.05) is 48.5 Å². The Morgan fingerprint density at radius 2 is 0.853 bits per heavy atom. The van der Waals surface area contributed by atoms with Crippen molar-refractivity contribution in [2.45, 2.75) is 11.8 Å². The van der Waals surface area contributed by atoms with Crippen molar-refractivity contribution in [2.75, 3.05) is 54.4 Å². The molecule has 0 spiro atoms. The molecule has 8 heteroatoms. The predicted octanol–water partition coefficient (Wildman–Crippen LogP) is 2.70. The fraction of sp³-hybridized carbons (Fsp3) is 0.385. The van der Waals surface area contributed by atoms with Gasteiger partial charge in [0.05, 0.1) is 0 Å². The summed E-state index contributed by atoms with van der Waals surface area (Å²) >= 11 is 0. The van der Waals surface area contributed by atoms with Crippen LogP contribution in [0.15, 0.2) is 68.9 Å². The van der Waals surface area contributed by atoms with Gasteiger partial charge in [0.15, 0.2) is 0 Å². The second-order valence-corrected chi connectivity index (χ2v) is 9.23. The third-order valence-electron chi connectivity index (χ3n) is 6.97. The van der Waals surface area contributed by atoms with Crippen molar-refractivity contribution in [3.05, 3.63) is 70.8 Å². The molecular formula is C26H32N8. The summed E-state index contributed by atoms with van der Waals surface area (Å²) in [5.41, 5.74) is 4.94. The Labute approximate surface area is 201 Å². The van der Waals surface area contributed by atoms with Crippen molar-refractivity contribution in [3.8, 4) is 0 Å². The van der Waals surface area contributed by atoms with E-state index < -0.39 is 0 Å². The molecule has 2 aromatic rings. The minimum atomic E-state index is 0.0387. The number of hydrogen-bond donors (Lipinski definition) is 0. The van der Waals surface area contributed by atoms with Crippen molar-refractivity contribution >= 4 is 24.3 Å². The summed E-state index contributed by atoms with van der Waals surface area (Å²) in [7, 11) is 8.21. The molecule has 3 aliphatic rings. The van der Waals surface area contributed by atoms with Gasteiger partial charge in [-0.15, -0.1) is 10.2 Å². The molecule has 0 saturated carbocycles. The number of hydrogen-bond acceptors (Lipinski definition) is 4. The average molecular weight is 457 g/mol. The van der Waals surface area contributed by atoms with E-state index in [9.17, 15) is 0 Å². The third kappa shape index (κ3) is 4.04. The van der Waals surface area contributed by atoms with E-state index in [-0.39, 0.29) is 11.8 Å². The minimum absolute atomic E-state index is 0.0387. The number of guanidine groups is 2. The Hall–Kier alpha value is -3.68. The van der Waals surface area contributed by atoms with Crippen molar-refractivity contribution in [3.63, 3.8) is 0 Å². The molecule has 0 aromatic heterocycles. The number of nitrogens with zero attached hydrogens (tertiary/aromatic N) is 8. The molecule has 0 atom stereocenters. The van der Waals surface area contributed by atoms with Gasteiger partial charge in [0.1, 0.15) is 0 Å². The maximum absolute atomic E-state index is 4.54. The second kappa shape index (κ2) is 9.29. The molecule has 2 aromatic carbocycles. The molecule has 0 bridgehead atoms. The summed E-state index contributed by atoms with van der Waals surface area (Å²) < 4.78 is 0. The van der Waals surface area contributed by atoms with Crippen LogP contribution in [0.1, 0.15) is 34.1 Å². The largest absolute Gasteiger partial charge is 0.343 e. The summed E-state index contributed by atoms with van der Waals surface area (Å²) in [6.45, 7) is 3.88. The average Bonchev–Trinajstić information content (AvgIpc) is 3.35. The lowest BCUT2D eigenvalue weighted by Crippen LogP contribution is -2.28. The van der Waals surface area contributed by atoms with Crippen LogP contribution < -0.4 is 0 Å². The third-order valence-corrected chi connectivity index (χ3v) is 6.97. The molecule has 2 saturated heterocycles. The highest BCUT2D eigenvalue weighted by molar-refractivity contribution is 5.86.